The Balaban J connectivity index is 1.55. The van der Waals surface area contributed by atoms with Gasteiger partial charge in [-0.3, -0.25) is 4.79 Å². The third-order valence-electron chi connectivity index (χ3n) is 5.51. The fourth-order valence-corrected chi connectivity index (χ4v) is 3.91. The topological polar surface area (TPSA) is 50.8 Å². The fraction of sp³-hybridized carbons (Fsp3) is 0.240. The Hall–Kier alpha value is -3.47. The van der Waals surface area contributed by atoms with Crippen LogP contribution in [0.5, 0.6) is 11.5 Å². The number of nitrogens with zero attached hydrogens (tertiary/aromatic N) is 1. The van der Waals surface area contributed by atoms with Crippen LogP contribution in [0.25, 0.3) is 11.1 Å². The minimum absolute atomic E-state index is 0.0711. The summed E-state index contributed by atoms with van der Waals surface area (Å²) in [5.74, 6) is 1.65. The molecule has 0 radical (unpaired) electrons. The summed E-state index contributed by atoms with van der Waals surface area (Å²) in [6.45, 7) is 2.63. The zero-order valence-corrected chi connectivity index (χ0v) is 17.5. The maximum absolute atomic E-state index is 13.1. The maximum Gasteiger partial charge on any atom is 0.249 e. The Morgan fingerprint density at radius 3 is 2.50 bits per heavy atom. The minimum Gasteiger partial charge on any atom is -0.497 e. The molecule has 1 aliphatic rings. The van der Waals surface area contributed by atoms with Crippen molar-refractivity contribution in [2.24, 2.45) is 0 Å². The predicted octanol–water partition coefficient (Wildman–Crippen LogP) is 4.76. The normalized spacial score (nSPS) is 13.5. The molecule has 0 saturated heterocycles. The second-order valence-electron chi connectivity index (χ2n) is 7.38. The van der Waals surface area contributed by atoms with Crippen molar-refractivity contribution < 1.29 is 14.3 Å². The Morgan fingerprint density at radius 1 is 1.00 bits per heavy atom. The number of fused-ring (bicyclic) bond motifs is 1. The molecule has 3 aromatic carbocycles. The average molecular weight is 402 g/mol. The van der Waals surface area contributed by atoms with Crippen LogP contribution in [0.2, 0.25) is 0 Å². The van der Waals surface area contributed by atoms with E-state index in [4.69, 9.17) is 9.47 Å². The smallest absolute Gasteiger partial charge is 0.249 e. The molecule has 0 spiro atoms. The quantitative estimate of drug-likeness (QED) is 0.646. The molecule has 154 valence electrons. The van der Waals surface area contributed by atoms with Crippen molar-refractivity contribution in [1.29, 1.82) is 0 Å². The second-order valence-corrected chi connectivity index (χ2v) is 7.38. The molecule has 0 aliphatic carbocycles. The van der Waals surface area contributed by atoms with Crippen LogP contribution in [0, 0.1) is 0 Å². The van der Waals surface area contributed by atoms with Gasteiger partial charge < -0.3 is 19.7 Å². The molecule has 1 amide bonds. The molecule has 3 aromatic rings. The molecule has 1 aliphatic heterocycles. The number of para-hydroxylation sites is 1. The maximum atomic E-state index is 13.1. The molecule has 1 atom stereocenters. The lowest BCUT2D eigenvalue weighted by Gasteiger charge is -2.23. The molecular weight excluding hydrogens is 376 g/mol. The van der Waals surface area contributed by atoms with Gasteiger partial charge in [0.1, 0.15) is 17.5 Å². The molecule has 30 heavy (non-hydrogen) atoms. The molecule has 1 unspecified atom stereocenters. The van der Waals surface area contributed by atoms with Crippen LogP contribution in [0.4, 0.5) is 11.4 Å². The van der Waals surface area contributed by atoms with E-state index in [1.807, 2.05) is 72.5 Å². The summed E-state index contributed by atoms with van der Waals surface area (Å²) in [5.41, 5.74) is 5.09. The summed E-state index contributed by atoms with van der Waals surface area (Å²) in [4.78, 5) is 15.0. The van der Waals surface area contributed by atoms with Crippen molar-refractivity contribution in [3.8, 4) is 22.6 Å². The van der Waals surface area contributed by atoms with Crippen molar-refractivity contribution in [2.45, 2.75) is 19.4 Å². The summed E-state index contributed by atoms with van der Waals surface area (Å²) in [6.07, 6.45) is 0.902. The average Bonchev–Trinajstić information content (AvgIpc) is 3.22. The van der Waals surface area contributed by atoms with Gasteiger partial charge in [0.15, 0.2) is 0 Å². The van der Waals surface area contributed by atoms with Crippen molar-refractivity contribution in [2.75, 3.05) is 31.0 Å². The second kappa shape index (κ2) is 8.49. The van der Waals surface area contributed by atoms with Crippen LogP contribution < -0.4 is 19.7 Å². The summed E-state index contributed by atoms with van der Waals surface area (Å²) in [7, 11) is 3.31. The molecule has 1 heterocycles. The van der Waals surface area contributed by atoms with Gasteiger partial charge in [0.2, 0.25) is 5.91 Å². The fourth-order valence-electron chi connectivity index (χ4n) is 3.91. The van der Waals surface area contributed by atoms with Crippen LogP contribution in [0.3, 0.4) is 0 Å². The first kappa shape index (κ1) is 19.8. The van der Waals surface area contributed by atoms with Gasteiger partial charge in [-0.25, -0.2) is 0 Å². The van der Waals surface area contributed by atoms with E-state index >= 15 is 0 Å². The lowest BCUT2D eigenvalue weighted by Crippen LogP contribution is -2.40. The Bertz CT molecular complexity index is 1050. The molecule has 1 N–H and O–H groups in total. The van der Waals surface area contributed by atoms with Crippen molar-refractivity contribution in [1.82, 2.24) is 0 Å². The Morgan fingerprint density at radius 2 is 1.77 bits per heavy atom. The van der Waals surface area contributed by atoms with E-state index in [1.165, 1.54) is 5.56 Å². The van der Waals surface area contributed by atoms with Crippen molar-refractivity contribution in [3.63, 3.8) is 0 Å². The zero-order valence-electron chi connectivity index (χ0n) is 17.5. The molecule has 0 saturated carbocycles. The third-order valence-corrected chi connectivity index (χ3v) is 5.51. The predicted molar refractivity (Wildman–Crippen MR) is 121 cm³/mol. The lowest BCUT2D eigenvalue weighted by atomic mass is 10.0. The van der Waals surface area contributed by atoms with Crippen LogP contribution >= 0.6 is 0 Å². The SMILES string of the molecule is COc1ccc(-c2cc(NC(C)C(=O)N3CCc4ccccc43)ccc2OC)cc1. The highest BCUT2D eigenvalue weighted by atomic mass is 16.5. The van der Waals surface area contributed by atoms with Crippen molar-refractivity contribution >= 4 is 17.3 Å². The highest BCUT2D eigenvalue weighted by Crippen LogP contribution is 2.34. The number of benzene rings is 3. The van der Waals surface area contributed by atoms with E-state index < -0.39 is 0 Å². The van der Waals surface area contributed by atoms with Gasteiger partial charge >= 0.3 is 0 Å². The first-order valence-electron chi connectivity index (χ1n) is 10.1. The number of hydrogen-bond donors (Lipinski definition) is 1. The van der Waals surface area contributed by atoms with Crippen LogP contribution in [-0.2, 0) is 11.2 Å². The first-order chi connectivity index (χ1) is 14.6. The van der Waals surface area contributed by atoms with Crippen molar-refractivity contribution in [3.05, 3.63) is 72.3 Å². The molecule has 5 nitrogen and oxygen atoms in total. The van der Waals surface area contributed by atoms with Gasteiger partial charge in [0.25, 0.3) is 0 Å². The number of ether oxygens (including phenoxy) is 2. The summed E-state index contributed by atoms with van der Waals surface area (Å²) >= 11 is 0. The Kier molecular flexibility index (Phi) is 5.61. The molecule has 0 aromatic heterocycles. The number of hydrogen-bond acceptors (Lipinski definition) is 4. The number of carbonyl (C=O) groups is 1. The van der Waals surface area contributed by atoms with Gasteiger partial charge in [-0.1, -0.05) is 30.3 Å². The highest BCUT2D eigenvalue weighted by Gasteiger charge is 2.27. The standard InChI is InChI=1S/C25H26N2O3/c1-17(25(28)27-15-14-19-6-4-5-7-23(19)27)26-20-10-13-24(30-3)22(16-20)18-8-11-21(29-2)12-9-18/h4-13,16-17,26H,14-15H2,1-3H3. The van der Waals surface area contributed by atoms with Gasteiger partial charge in [-0.2, -0.15) is 0 Å². The lowest BCUT2D eigenvalue weighted by molar-refractivity contribution is -0.118. The molecule has 4 rings (SSSR count). The molecule has 5 heteroatoms. The van der Waals surface area contributed by atoms with E-state index in [0.717, 1.165) is 47.0 Å². The van der Waals surface area contributed by atoms with Crippen LogP contribution in [0.1, 0.15) is 12.5 Å². The van der Waals surface area contributed by atoms with Gasteiger partial charge in [-0.15, -0.1) is 0 Å². The minimum atomic E-state index is -0.353. The monoisotopic (exact) mass is 402 g/mol. The first-order valence-corrected chi connectivity index (χ1v) is 10.1. The molecular formula is C25H26N2O3. The van der Waals surface area contributed by atoms with E-state index in [9.17, 15) is 4.79 Å². The Labute approximate surface area is 177 Å². The van der Waals surface area contributed by atoms with E-state index in [1.54, 1.807) is 14.2 Å². The van der Waals surface area contributed by atoms with Gasteiger partial charge in [0.05, 0.1) is 14.2 Å². The van der Waals surface area contributed by atoms with Gasteiger partial charge in [-0.05, 0) is 60.9 Å². The largest absolute Gasteiger partial charge is 0.497 e. The van der Waals surface area contributed by atoms with E-state index in [-0.39, 0.29) is 11.9 Å². The number of carbonyl (C=O) groups excluding carboxylic acids is 1. The third kappa shape index (κ3) is 3.83. The number of anilines is 2. The van der Waals surface area contributed by atoms with Crippen LogP contribution in [-0.4, -0.2) is 32.7 Å². The number of amides is 1. The van der Waals surface area contributed by atoms with Gasteiger partial charge in [0, 0.05) is 23.5 Å². The summed E-state index contributed by atoms with van der Waals surface area (Å²) in [6, 6.07) is 21.5. The van der Waals surface area contributed by atoms with E-state index in [2.05, 4.69) is 11.4 Å². The number of nitrogens with one attached hydrogen (secondary N) is 1. The summed E-state index contributed by atoms with van der Waals surface area (Å²) < 4.78 is 10.8. The molecule has 0 bridgehead atoms. The van der Waals surface area contributed by atoms with E-state index in [0.29, 0.717) is 0 Å². The number of rotatable bonds is 6. The van der Waals surface area contributed by atoms with Crippen LogP contribution in [0.15, 0.2) is 66.7 Å². The summed E-state index contributed by atoms with van der Waals surface area (Å²) in [5, 5.41) is 3.36. The number of methoxy groups -OCH3 is 2. The highest BCUT2D eigenvalue weighted by molar-refractivity contribution is 6.00. The molecule has 0 fully saturated rings. The zero-order chi connectivity index (χ0) is 21.1.